The van der Waals surface area contributed by atoms with E-state index in [4.69, 9.17) is 9.47 Å². The van der Waals surface area contributed by atoms with E-state index in [1.807, 2.05) is 0 Å². The highest BCUT2D eigenvalue weighted by Crippen LogP contribution is 2.24. The first kappa shape index (κ1) is 26.2. The van der Waals surface area contributed by atoms with E-state index in [9.17, 15) is 18.8 Å². The van der Waals surface area contributed by atoms with Gasteiger partial charge in [0.2, 0.25) is 5.91 Å². The normalized spacial score (nSPS) is 14.8. The third-order valence-corrected chi connectivity index (χ3v) is 6.15. The Bertz CT molecular complexity index is 1010. The number of carbonyl (C=O) groups excluding carboxylic acids is 3. The van der Waals surface area contributed by atoms with E-state index >= 15 is 0 Å². The smallest absolute Gasteiger partial charge is 0.256 e. The molecule has 0 saturated carbocycles. The van der Waals surface area contributed by atoms with Gasteiger partial charge in [-0.3, -0.25) is 14.4 Å². The van der Waals surface area contributed by atoms with Gasteiger partial charge in [-0.15, -0.1) is 0 Å². The largest absolute Gasteiger partial charge is 0.497 e. The van der Waals surface area contributed by atoms with Crippen LogP contribution in [-0.4, -0.2) is 69.1 Å². The lowest BCUT2D eigenvalue weighted by atomic mass is 9.88. The van der Waals surface area contributed by atoms with Crippen LogP contribution in [-0.2, 0) is 9.53 Å². The quantitative estimate of drug-likeness (QED) is 0.505. The number of amides is 3. The van der Waals surface area contributed by atoms with Gasteiger partial charge in [0.15, 0.2) is 0 Å². The zero-order valence-corrected chi connectivity index (χ0v) is 20.1. The molecule has 3 rings (SSSR count). The van der Waals surface area contributed by atoms with Gasteiger partial charge in [0, 0.05) is 38.9 Å². The van der Waals surface area contributed by atoms with Gasteiger partial charge in [-0.25, -0.2) is 4.39 Å². The van der Waals surface area contributed by atoms with Gasteiger partial charge in [-0.2, -0.15) is 0 Å². The average molecular weight is 486 g/mol. The number of ether oxygens (including phenoxy) is 2. The zero-order chi connectivity index (χ0) is 25.2. The summed E-state index contributed by atoms with van der Waals surface area (Å²) in [6.07, 6.45) is 1.65. The van der Waals surface area contributed by atoms with Crippen molar-refractivity contribution in [3.8, 4) is 5.75 Å². The molecule has 2 N–H and O–H groups in total. The molecule has 1 heterocycles. The number of hydrogen-bond donors (Lipinski definition) is 2. The van der Waals surface area contributed by atoms with E-state index < -0.39 is 11.9 Å². The van der Waals surface area contributed by atoms with Crippen LogP contribution in [0, 0.1) is 11.7 Å². The third kappa shape index (κ3) is 7.02. The highest BCUT2D eigenvalue weighted by Gasteiger charge is 2.34. The molecule has 3 amide bonds. The summed E-state index contributed by atoms with van der Waals surface area (Å²) in [5.41, 5.74) is 0.446. The summed E-state index contributed by atoms with van der Waals surface area (Å²) >= 11 is 0. The molecule has 0 radical (unpaired) electrons. The van der Waals surface area contributed by atoms with E-state index in [0.29, 0.717) is 56.8 Å². The summed E-state index contributed by atoms with van der Waals surface area (Å²) in [4.78, 5) is 40.3. The number of nitrogens with one attached hydrogen (secondary N) is 2. The Morgan fingerprint density at radius 1 is 1.06 bits per heavy atom. The van der Waals surface area contributed by atoms with Crippen LogP contribution in [0.15, 0.2) is 48.5 Å². The molecule has 0 aromatic heterocycles. The van der Waals surface area contributed by atoms with Gasteiger partial charge < -0.3 is 25.0 Å². The van der Waals surface area contributed by atoms with Gasteiger partial charge in [-0.05, 0) is 61.6 Å². The van der Waals surface area contributed by atoms with Crippen LogP contribution in [0.3, 0.4) is 0 Å². The Morgan fingerprint density at radius 3 is 2.37 bits per heavy atom. The fourth-order valence-corrected chi connectivity index (χ4v) is 4.14. The molecule has 188 valence electrons. The molecule has 35 heavy (non-hydrogen) atoms. The highest BCUT2D eigenvalue weighted by atomic mass is 19.1. The highest BCUT2D eigenvalue weighted by molar-refractivity contribution is 5.98. The van der Waals surface area contributed by atoms with Crippen LogP contribution < -0.4 is 15.4 Å². The average Bonchev–Trinajstić information content (AvgIpc) is 2.89. The van der Waals surface area contributed by atoms with E-state index in [0.717, 1.165) is 0 Å². The van der Waals surface area contributed by atoms with Crippen molar-refractivity contribution < 1.29 is 28.2 Å². The lowest BCUT2D eigenvalue weighted by molar-refractivity contribution is -0.124. The number of methoxy groups -OCH3 is 2. The summed E-state index contributed by atoms with van der Waals surface area (Å²) in [7, 11) is 3.14. The molecule has 0 aliphatic carbocycles. The molecule has 9 heteroatoms. The molecule has 1 saturated heterocycles. The van der Waals surface area contributed by atoms with E-state index in [-0.39, 0.29) is 29.2 Å². The predicted octanol–water partition coefficient (Wildman–Crippen LogP) is 2.64. The fourth-order valence-electron chi connectivity index (χ4n) is 4.14. The fraction of sp³-hybridized carbons (Fsp3) is 0.423. The third-order valence-electron chi connectivity index (χ3n) is 6.15. The Kier molecular flexibility index (Phi) is 9.60. The number of carbonyl (C=O) groups is 3. The van der Waals surface area contributed by atoms with Crippen molar-refractivity contribution in [3.05, 3.63) is 65.5 Å². The number of likely N-dealkylation sites (tertiary alicyclic amines) is 1. The molecule has 1 atom stereocenters. The minimum Gasteiger partial charge on any atom is -0.497 e. The second-order valence-corrected chi connectivity index (χ2v) is 8.43. The van der Waals surface area contributed by atoms with Crippen molar-refractivity contribution in [2.24, 2.45) is 5.92 Å². The molecular weight excluding hydrogens is 453 g/mol. The second-order valence-electron chi connectivity index (χ2n) is 8.43. The minimum atomic E-state index is -0.766. The molecule has 1 fully saturated rings. The number of nitrogens with zero attached hydrogens (tertiary/aromatic N) is 1. The van der Waals surface area contributed by atoms with Gasteiger partial charge in [0.05, 0.1) is 12.7 Å². The Labute approximate surface area is 204 Å². The summed E-state index contributed by atoms with van der Waals surface area (Å²) in [5.74, 6) is -1.12. The van der Waals surface area contributed by atoms with Gasteiger partial charge >= 0.3 is 0 Å². The second kappa shape index (κ2) is 12.9. The Morgan fingerprint density at radius 2 is 1.74 bits per heavy atom. The van der Waals surface area contributed by atoms with E-state index in [1.54, 1.807) is 55.5 Å². The Hall–Kier alpha value is -3.46. The topological polar surface area (TPSA) is 97.0 Å². The van der Waals surface area contributed by atoms with Crippen molar-refractivity contribution in [1.29, 1.82) is 0 Å². The van der Waals surface area contributed by atoms with E-state index in [2.05, 4.69) is 10.6 Å². The maximum absolute atomic E-state index is 14.1. The van der Waals surface area contributed by atoms with Crippen molar-refractivity contribution >= 4 is 17.7 Å². The first-order valence-corrected chi connectivity index (χ1v) is 11.7. The van der Waals surface area contributed by atoms with Crippen LogP contribution in [0.4, 0.5) is 4.39 Å². The molecule has 0 spiro atoms. The maximum atomic E-state index is 14.1. The van der Waals surface area contributed by atoms with Crippen LogP contribution >= 0.6 is 0 Å². The SMILES string of the molecule is COCCCNC(=O)[C@@H](NC(=O)c1ccc(OC)cc1)C1CCN(C(=O)c2ccccc2F)CC1. The summed E-state index contributed by atoms with van der Waals surface area (Å²) in [6.45, 7) is 1.67. The number of piperidine rings is 1. The molecule has 2 aromatic rings. The molecule has 1 aliphatic heterocycles. The standard InChI is InChI=1S/C26H32FN3O5/c1-34-17-5-14-28-25(32)23(29-24(31)19-8-10-20(35-2)11-9-19)18-12-15-30(16-13-18)26(33)21-6-3-4-7-22(21)27/h3-4,6-11,18,23H,5,12-17H2,1-2H3,(H,28,32)(H,29,31)/t23-/m0/s1. The lowest BCUT2D eigenvalue weighted by Crippen LogP contribution is -2.54. The maximum Gasteiger partial charge on any atom is 0.256 e. The van der Waals surface area contributed by atoms with Crippen LogP contribution in [0.25, 0.3) is 0 Å². The van der Waals surface area contributed by atoms with Gasteiger partial charge in [-0.1, -0.05) is 12.1 Å². The van der Waals surface area contributed by atoms with Crippen molar-refractivity contribution in [2.75, 3.05) is 40.5 Å². The molecule has 0 unspecified atom stereocenters. The van der Waals surface area contributed by atoms with Crippen LogP contribution in [0.1, 0.15) is 40.0 Å². The number of benzene rings is 2. The summed E-state index contributed by atoms with van der Waals surface area (Å²) in [6, 6.07) is 11.8. The summed E-state index contributed by atoms with van der Waals surface area (Å²) < 4.78 is 24.2. The summed E-state index contributed by atoms with van der Waals surface area (Å²) in [5, 5.41) is 5.75. The molecular formula is C26H32FN3O5. The minimum absolute atomic E-state index is 0.0335. The van der Waals surface area contributed by atoms with Crippen LogP contribution in [0.2, 0.25) is 0 Å². The first-order valence-electron chi connectivity index (χ1n) is 11.7. The van der Waals surface area contributed by atoms with E-state index in [1.165, 1.54) is 12.1 Å². The van der Waals surface area contributed by atoms with Crippen molar-refractivity contribution in [2.45, 2.75) is 25.3 Å². The predicted molar refractivity (Wildman–Crippen MR) is 129 cm³/mol. The Balaban J connectivity index is 1.67. The molecule has 0 bridgehead atoms. The molecule has 1 aliphatic rings. The molecule has 2 aromatic carbocycles. The van der Waals surface area contributed by atoms with Gasteiger partial charge in [0.1, 0.15) is 17.6 Å². The van der Waals surface area contributed by atoms with Crippen molar-refractivity contribution in [3.63, 3.8) is 0 Å². The zero-order valence-electron chi connectivity index (χ0n) is 20.1. The molecule has 8 nitrogen and oxygen atoms in total. The lowest BCUT2D eigenvalue weighted by Gasteiger charge is -2.36. The van der Waals surface area contributed by atoms with Gasteiger partial charge in [0.25, 0.3) is 11.8 Å². The van der Waals surface area contributed by atoms with Crippen LogP contribution in [0.5, 0.6) is 5.75 Å². The number of halogens is 1. The first-order chi connectivity index (χ1) is 16.9. The monoisotopic (exact) mass is 485 g/mol. The number of rotatable bonds is 10. The number of hydrogen-bond acceptors (Lipinski definition) is 5. The van der Waals surface area contributed by atoms with Crippen molar-refractivity contribution in [1.82, 2.24) is 15.5 Å².